The van der Waals surface area contributed by atoms with Crippen LogP contribution >= 0.6 is 31.9 Å². The Hall–Kier alpha value is -1.28. The van der Waals surface area contributed by atoms with Crippen molar-refractivity contribution in [3.63, 3.8) is 0 Å². The Kier molecular flexibility index (Phi) is 3.76. The summed E-state index contributed by atoms with van der Waals surface area (Å²) in [6.45, 7) is 0. The summed E-state index contributed by atoms with van der Waals surface area (Å²) in [4.78, 5) is 11.3. The van der Waals surface area contributed by atoms with E-state index in [0.29, 0.717) is 17.2 Å². The van der Waals surface area contributed by atoms with Crippen LogP contribution in [0.2, 0.25) is 0 Å². The third-order valence-electron chi connectivity index (χ3n) is 2.29. The van der Waals surface area contributed by atoms with Gasteiger partial charge >= 0.3 is 10.2 Å². The van der Waals surface area contributed by atoms with Crippen molar-refractivity contribution in [3.05, 3.63) is 31.6 Å². The smallest absolute Gasteiger partial charge is 0.442 e. The maximum Gasteiger partial charge on any atom is 0.442 e. The maximum absolute atomic E-state index is 11.3. The Morgan fingerprint density at radius 2 is 1.89 bits per heavy atom. The first-order valence-corrected chi connectivity index (χ1v) is 6.38. The summed E-state index contributed by atoms with van der Waals surface area (Å²) in [6, 6.07) is 3.44. The van der Waals surface area contributed by atoms with E-state index in [1.54, 1.807) is 19.2 Å². The van der Waals surface area contributed by atoms with Crippen LogP contribution < -0.4 is 19.8 Å². The Balaban J connectivity index is 2.67. The van der Waals surface area contributed by atoms with Gasteiger partial charge in [0.25, 0.3) is 5.69 Å². The number of rotatable bonds is 3. The Morgan fingerprint density at radius 3 is 2.39 bits per heavy atom. The second-order valence-corrected chi connectivity index (χ2v) is 4.87. The largest absolute Gasteiger partial charge is 0.495 e. The molecule has 0 saturated carbocycles. The van der Waals surface area contributed by atoms with Crippen LogP contribution in [0.3, 0.4) is 0 Å². The maximum atomic E-state index is 11.3. The van der Waals surface area contributed by atoms with E-state index in [1.165, 1.54) is 11.8 Å². The van der Waals surface area contributed by atoms with Gasteiger partial charge in [0.1, 0.15) is 5.75 Å². The van der Waals surface area contributed by atoms with Crippen LogP contribution in [-0.2, 0) is 0 Å². The van der Waals surface area contributed by atoms with Gasteiger partial charge in [0.15, 0.2) is 5.75 Å². The lowest BCUT2D eigenvalue weighted by Gasteiger charge is -2.06. The number of halogens is 2. The molecule has 1 aromatic heterocycles. The minimum absolute atomic E-state index is 0.234. The normalized spacial score (nSPS) is 10.4. The zero-order chi connectivity index (χ0) is 13.3. The molecule has 0 atom stereocenters. The number of nitrogens with zero attached hydrogens (tertiary/aromatic N) is 1. The van der Waals surface area contributed by atoms with Crippen molar-refractivity contribution in [1.82, 2.24) is 5.27 Å². The third-order valence-corrected chi connectivity index (χ3v) is 3.59. The quantitative estimate of drug-likeness (QED) is 0.824. The third kappa shape index (κ3) is 2.17. The summed E-state index contributed by atoms with van der Waals surface area (Å²) in [6.07, 6.45) is 0. The highest BCUT2D eigenvalue weighted by Crippen LogP contribution is 2.32. The molecule has 0 aliphatic carbocycles. The Labute approximate surface area is 119 Å². The molecule has 0 radical (unpaired) electrons. The predicted molar refractivity (Wildman–Crippen MR) is 69.4 cm³/mol. The summed E-state index contributed by atoms with van der Waals surface area (Å²) in [5.41, 5.74) is 0.0897. The molecule has 1 N–H and O–H groups in total. The molecule has 1 aromatic carbocycles. The van der Waals surface area contributed by atoms with Crippen LogP contribution in [0.4, 0.5) is 0 Å². The van der Waals surface area contributed by atoms with E-state index in [0.717, 1.165) is 4.47 Å². The van der Waals surface area contributed by atoms with Gasteiger partial charge in [-0.3, -0.25) is 4.52 Å². The van der Waals surface area contributed by atoms with E-state index in [-0.39, 0.29) is 4.60 Å². The molecule has 0 aliphatic heterocycles. The SMILES string of the molecule is COc1cc(OC)c(-[n+]2[nH]oc(=O)c2Br)cc1Br. The average molecular weight is 381 g/mol. The first kappa shape index (κ1) is 13.2. The van der Waals surface area contributed by atoms with Gasteiger partial charge in [0.2, 0.25) is 0 Å². The number of hydrogen-bond acceptors (Lipinski definition) is 4. The summed E-state index contributed by atoms with van der Waals surface area (Å²) in [5.74, 6) is 1.15. The predicted octanol–water partition coefficient (Wildman–Crippen LogP) is 1.79. The molecule has 96 valence electrons. The van der Waals surface area contributed by atoms with Crippen molar-refractivity contribution in [2.45, 2.75) is 0 Å². The highest BCUT2D eigenvalue weighted by molar-refractivity contribution is 9.10. The van der Waals surface area contributed by atoms with Crippen molar-refractivity contribution in [3.8, 4) is 17.2 Å². The molecule has 0 fully saturated rings. The van der Waals surface area contributed by atoms with Crippen molar-refractivity contribution in [1.29, 1.82) is 0 Å². The lowest BCUT2D eigenvalue weighted by Crippen LogP contribution is -2.35. The number of benzene rings is 1. The van der Waals surface area contributed by atoms with Gasteiger partial charge in [-0.15, -0.1) is 0 Å². The van der Waals surface area contributed by atoms with Crippen molar-refractivity contribution >= 4 is 31.9 Å². The minimum Gasteiger partial charge on any atom is -0.495 e. The van der Waals surface area contributed by atoms with Gasteiger partial charge in [-0.25, -0.2) is 4.79 Å². The minimum atomic E-state index is -0.510. The molecule has 2 rings (SSSR count). The number of ether oxygens (including phenoxy) is 2. The Bertz CT molecular complexity index is 635. The number of nitrogens with one attached hydrogen (secondary N) is 1. The number of aromatic nitrogens is 2. The van der Waals surface area contributed by atoms with Crippen LogP contribution in [0.5, 0.6) is 11.5 Å². The lowest BCUT2D eigenvalue weighted by molar-refractivity contribution is -0.680. The van der Waals surface area contributed by atoms with Crippen molar-refractivity contribution < 1.29 is 18.7 Å². The molecule has 2 aromatic rings. The van der Waals surface area contributed by atoms with Crippen LogP contribution in [-0.4, -0.2) is 19.5 Å². The van der Waals surface area contributed by atoms with Crippen molar-refractivity contribution in [2.75, 3.05) is 14.2 Å². The molecule has 0 unspecified atom stereocenters. The molecule has 18 heavy (non-hydrogen) atoms. The zero-order valence-electron chi connectivity index (χ0n) is 9.49. The second kappa shape index (κ2) is 5.15. The molecule has 6 nitrogen and oxygen atoms in total. The number of aromatic amines is 1. The van der Waals surface area contributed by atoms with Gasteiger partial charge in [-0.2, -0.15) is 0 Å². The number of H-pyrrole nitrogens is 1. The molecule has 0 saturated heterocycles. The van der Waals surface area contributed by atoms with E-state index < -0.39 is 5.63 Å². The number of hydrogen-bond donors (Lipinski definition) is 1. The summed E-state index contributed by atoms with van der Waals surface area (Å²) in [7, 11) is 3.08. The highest BCUT2D eigenvalue weighted by Gasteiger charge is 2.26. The molecule has 0 aliphatic rings. The van der Waals surface area contributed by atoms with E-state index >= 15 is 0 Å². The Morgan fingerprint density at radius 1 is 1.22 bits per heavy atom. The summed E-state index contributed by atoms with van der Waals surface area (Å²) < 4.78 is 17.5. The first-order valence-electron chi connectivity index (χ1n) is 4.79. The number of methoxy groups -OCH3 is 2. The first-order chi connectivity index (χ1) is 8.58. The van der Waals surface area contributed by atoms with Crippen LogP contribution in [0, 0.1) is 0 Å². The topological polar surface area (TPSA) is 68.3 Å². The van der Waals surface area contributed by atoms with Crippen LogP contribution in [0.1, 0.15) is 0 Å². The van der Waals surface area contributed by atoms with Crippen molar-refractivity contribution in [2.24, 2.45) is 0 Å². The van der Waals surface area contributed by atoms with Gasteiger partial charge in [-0.1, -0.05) is 0 Å². The fourth-order valence-electron chi connectivity index (χ4n) is 1.43. The van der Waals surface area contributed by atoms with E-state index in [2.05, 4.69) is 41.7 Å². The monoisotopic (exact) mass is 379 g/mol. The van der Waals surface area contributed by atoms with Gasteiger partial charge in [0, 0.05) is 28.1 Å². The second-order valence-electron chi connectivity index (χ2n) is 3.27. The van der Waals surface area contributed by atoms with E-state index in [9.17, 15) is 4.79 Å². The van der Waals surface area contributed by atoms with Gasteiger partial charge in [0.05, 0.1) is 18.7 Å². The molecule has 0 spiro atoms. The molecule has 0 amide bonds. The fourth-order valence-corrected chi connectivity index (χ4v) is 2.27. The van der Waals surface area contributed by atoms with Crippen LogP contribution in [0.25, 0.3) is 5.69 Å². The lowest BCUT2D eigenvalue weighted by atomic mass is 10.2. The molecular formula is C10H9Br2N2O4+. The molecular weight excluding hydrogens is 372 g/mol. The standard InChI is InChI=1S/C10H8Br2N2O4/c1-16-7-4-8(17-2)6(3-5(7)11)14-9(12)10(15)18-13-14/h3-4H,1-2H3/p+1. The van der Waals surface area contributed by atoms with E-state index in [1.807, 2.05) is 0 Å². The summed E-state index contributed by atoms with van der Waals surface area (Å²) >= 11 is 6.50. The average Bonchev–Trinajstić information content (AvgIpc) is 2.70. The van der Waals surface area contributed by atoms with Crippen LogP contribution in [0.15, 0.2) is 30.5 Å². The molecule has 8 heteroatoms. The zero-order valence-corrected chi connectivity index (χ0v) is 12.7. The summed E-state index contributed by atoms with van der Waals surface area (Å²) in [5, 5.41) is 2.47. The highest BCUT2D eigenvalue weighted by atomic mass is 79.9. The molecule has 1 heterocycles. The van der Waals surface area contributed by atoms with Gasteiger partial charge < -0.3 is 9.47 Å². The van der Waals surface area contributed by atoms with E-state index in [4.69, 9.17) is 9.47 Å². The van der Waals surface area contributed by atoms with Gasteiger partial charge in [-0.05, 0) is 25.9 Å². The molecule has 0 bridgehead atoms. The fraction of sp³-hybridized carbons (Fsp3) is 0.200.